The van der Waals surface area contributed by atoms with Gasteiger partial charge >= 0.3 is 0 Å². The molecule has 1 aromatic carbocycles. The molecule has 0 aliphatic carbocycles. The zero-order chi connectivity index (χ0) is 13.1. The normalized spacial score (nSPS) is 10.4. The van der Waals surface area contributed by atoms with Crippen LogP contribution in [0.5, 0.6) is 0 Å². The van der Waals surface area contributed by atoms with Gasteiger partial charge < -0.3 is 10.6 Å². The maximum Gasteiger partial charge on any atom is 0.222 e. The number of nitrogen functional groups attached to an aromatic ring is 1. The van der Waals surface area contributed by atoms with E-state index >= 15 is 0 Å². The van der Waals surface area contributed by atoms with Crippen molar-refractivity contribution in [1.29, 1.82) is 0 Å². The lowest BCUT2D eigenvalue weighted by atomic mass is 10.1. The summed E-state index contributed by atoms with van der Waals surface area (Å²) in [6.45, 7) is 4.84. The standard InChI is InChI=1S/C14H18N4/c1-10-6-4-5-7-12(10)9-18(3)13-8-11(2)16-14(15)17-13/h4-8H,9H2,1-3H3,(H2,15,16,17). The van der Waals surface area contributed by atoms with Crippen molar-refractivity contribution in [3.05, 3.63) is 47.2 Å². The molecule has 0 spiro atoms. The maximum absolute atomic E-state index is 5.67. The number of aryl methyl sites for hydroxylation is 2. The molecule has 0 bridgehead atoms. The lowest BCUT2D eigenvalue weighted by Gasteiger charge is -2.19. The van der Waals surface area contributed by atoms with E-state index in [-0.39, 0.29) is 0 Å². The van der Waals surface area contributed by atoms with Gasteiger partial charge in [-0.3, -0.25) is 0 Å². The van der Waals surface area contributed by atoms with Crippen LogP contribution in [0.2, 0.25) is 0 Å². The number of aromatic nitrogens is 2. The third-order valence-corrected chi connectivity index (χ3v) is 2.92. The molecule has 2 N–H and O–H groups in total. The first-order valence-corrected chi connectivity index (χ1v) is 5.93. The average molecular weight is 242 g/mol. The number of hydrogen-bond donors (Lipinski definition) is 1. The second-order valence-corrected chi connectivity index (χ2v) is 4.51. The van der Waals surface area contributed by atoms with Gasteiger partial charge in [-0.05, 0) is 25.0 Å². The first-order chi connectivity index (χ1) is 8.56. The minimum atomic E-state index is 0.321. The number of anilines is 2. The summed E-state index contributed by atoms with van der Waals surface area (Å²) in [7, 11) is 2.01. The van der Waals surface area contributed by atoms with Crippen LogP contribution in [0.15, 0.2) is 30.3 Å². The van der Waals surface area contributed by atoms with E-state index in [0.717, 1.165) is 18.1 Å². The molecule has 0 atom stereocenters. The average Bonchev–Trinajstić information content (AvgIpc) is 2.31. The van der Waals surface area contributed by atoms with Gasteiger partial charge in [0.2, 0.25) is 5.95 Å². The Kier molecular flexibility index (Phi) is 3.46. The predicted octanol–water partition coefficient (Wildman–Crippen LogP) is 2.31. The van der Waals surface area contributed by atoms with Crippen molar-refractivity contribution in [1.82, 2.24) is 9.97 Å². The highest BCUT2D eigenvalue weighted by Gasteiger charge is 2.07. The Morgan fingerprint density at radius 1 is 1.17 bits per heavy atom. The highest BCUT2D eigenvalue weighted by molar-refractivity contribution is 5.43. The quantitative estimate of drug-likeness (QED) is 0.897. The van der Waals surface area contributed by atoms with E-state index in [0.29, 0.717) is 5.95 Å². The Morgan fingerprint density at radius 2 is 1.89 bits per heavy atom. The van der Waals surface area contributed by atoms with Crippen molar-refractivity contribution >= 4 is 11.8 Å². The molecule has 0 aliphatic heterocycles. The first-order valence-electron chi connectivity index (χ1n) is 5.93. The second kappa shape index (κ2) is 5.04. The van der Waals surface area contributed by atoms with Crippen LogP contribution in [0.1, 0.15) is 16.8 Å². The molecular weight excluding hydrogens is 224 g/mol. The molecule has 0 radical (unpaired) electrons. The van der Waals surface area contributed by atoms with E-state index < -0.39 is 0 Å². The van der Waals surface area contributed by atoms with Gasteiger partial charge in [-0.25, -0.2) is 4.98 Å². The summed E-state index contributed by atoms with van der Waals surface area (Å²) < 4.78 is 0. The van der Waals surface area contributed by atoms with Gasteiger partial charge in [0.15, 0.2) is 0 Å². The fourth-order valence-electron chi connectivity index (χ4n) is 1.89. The maximum atomic E-state index is 5.67. The van der Waals surface area contributed by atoms with Gasteiger partial charge in [0, 0.05) is 25.4 Å². The fourth-order valence-corrected chi connectivity index (χ4v) is 1.89. The predicted molar refractivity (Wildman–Crippen MR) is 74.5 cm³/mol. The van der Waals surface area contributed by atoms with Gasteiger partial charge in [0.1, 0.15) is 5.82 Å². The Morgan fingerprint density at radius 3 is 2.56 bits per heavy atom. The van der Waals surface area contributed by atoms with Gasteiger partial charge in [-0.15, -0.1) is 0 Å². The van der Waals surface area contributed by atoms with E-state index in [9.17, 15) is 0 Å². The third kappa shape index (κ3) is 2.77. The lowest BCUT2D eigenvalue weighted by Crippen LogP contribution is -2.19. The van der Waals surface area contributed by atoms with Crippen LogP contribution in [0, 0.1) is 13.8 Å². The molecule has 0 saturated heterocycles. The molecule has 0 unspecified atom stereocenters. The molecule has 4 nitrogen and oxygen atoms in total. The molecule has 0 saturated carbocycles. The number of rotatable bonds is 3. The number of nitrogens with zero attached hydrogens (tertiary/aromatic N) is 3. The van der Waals surface area contributed by atoms with Crippen molar-refractivity contribution in [2.75, 3.05) is 17.7 Å². The van der Waals surface area contributed by atoms with Crippen molar-refractivity contribution in [2.24, 2.45) is 0 Å². The van der Waals surface area contributed by atoms with E-state index in [4.69, 9.17) is 5.73 Å². The Labute approximate surface area is 107 Å². The zero-order valence-corrected chi connectivity index (χ0v) is 11.0. The van der Waals surface area contributed by atoms with Crippen molar-refractivity contribution < 1.29 is 0 Å². The van der Waals surface area contributed by atoms with Crippen LogP contribution in [0.4, 0.5) is 11.8 Å². The molecule has 0 aliphatic rings. The SMILES string of the molecule is Cc1cc(N(C)Cc2ccccc2C)nc(N)n1. The highest BCUT2D eigenvalue weighted by Crippen LogP contribution is 2.16. The van der Waals surface area contributed by atoms with Crippen LogP contribution < -0.4 is 10.6 Å². The van der Waals surface area contributed by atoms with E-state index in [2.05, 4.69) is 40.0 Å². The molecule has 1 aromatic heterocycles. The van der Waals surface area contributed by atoms with E-state index in [1.165, 1.54) is 11.1 Å². The molecule has 0 fully saturated rings. The van der Waals surface area contributed by atoms with E-state index in [1.54, 1.807) is 0 Å². The van der Waals surface area contributed by atoms with Gasteiger partial charge in [-0.1, -0.05) is 24.3 Å². The summed E-state index contributed by atoms with van der Waals surface area (Å²) in [5.41, 5.74) is 9.12. The van der Waals surface area contributed by atoms with Crippen LogP contribution in [-0.2, 0) is 6.54 Å². The van der Waals surface area contributed by atoms with Gasteiger partial charge in [-0.2, -0.15) is 4.98 Å². The minimum absolute atomic E-state index is 0.321. The molecule has 18 heavy (non-hydrogen) atoms. The summed E-state index contributed by atoms with van der Waals surface area (Å²) in [4.78, 5) is 10.4. The summed E-state index contributed by atoms with van der Waals surface area (Å²) in [5.74, 6) is 1.17. The van der Waals surface area contributed by atoms with Crippen LogP contribution >= 0.6 is 0 Å². The van der Waals surface area contributed by atoms with Crippen molar-refractivity contribution in [3.63, 3.8) is 0 Å². The third-order valence-electron chi connectivity index (χ3n) is 2.92. The smallest absolute Gasteiger partial charge is 0.222 e. The Balaban J connectivity index is 2.22. The lowest BCUT2D eigenvalue weighted by molar-refractivity contribution is 0.883. The number of nitrogens with two attached hydrogens (primary N) is 1. The molecule has 0 amide bonds. The minimum Gasteiger partial charge on any atom is -0.368 e. The summed E-state index contributed by atoms with van der Waals surface area (Å²) >= 11 is 0. The highest BCUT2D eigenvalue weighted by atomic mass is 15.2. The molecule has 1 heterocycles. The monoisotopic (exact) mass is 242 g/mol. The fraction of sp³-hybridized carbons (Fsp3) is 0.286. The van der Waals surface area contributed by atoms with Crippen LogP contribution in [0.3, 0.4) is 0 Å². The van der Waals surface area contributed by atoms with E-state index in [1.807, 2.05) is 26.1 Å². The molecule has 4 heteroatoms. The molecular formula is C14H18N4. The van der Waals surface area contributed by atoms with Crippen molar-refractivity contribution in [2.45, 2.75) is 20.4 Å². The second-order valence-electron chi connectivity index (χ2n) is 4.51. The zero-order valence-electron chi connectivity index (χ0n) is 11.0. The van der Waals surface area contributed by atoms with Crippen molar-refractivity contribution in [3.8, 4) is 0 Å². The molecule has 2 aromatic rings. The van der Waals surface area contributed by atoms with Gasteiger partial charge in [0.05, 0.1) is 0 Å². The largest absolute Gasteiger partial charge is 0.368 e. The van der Waals surface area contributed by atoms with Crippen LogP contribution in [0.25, 0.3) is 0 Å². The Bertz CT molecular complexity index is 531. The first kappa shape index (κ1) is 12.4. The van der Waals surface area contributed by atoms with Crippen LogP contribution in [-0.4, -0.2) is 17.0 Å². The topological polar surface area (TPSA) is 55.0 Å². The Hall–Kier alpha value is -2.10. The van der Waals surface area contributed by atoms with Gasteiger partial charge in [0.25, 0.3) is 0 Å². The summed E-state index contributed by atoms with van der Waals surface area (Å²) in [5, 5.41) is 0. The summed E-state index contributed by atoms with van der Waals surface area (Å²) in [6.07, 6.45) is 0. The molecule has 94 valence electrons. The number of hydrogen-bond acceptors (Lipinski definition) is 4. The molecule has 2 rings (SSSR count). The summed E-state index contributed by atoms with van der Waals surface area (Å²) in [6, 6.07) is 10.3. The number of benzene rings is 1.